The molecule has 0 aromatic carbocycles. The summed E-state index contributed by atoms with van der Waals surface area (Å²) in [4.78, 5) is 0. The molecule has 74 valence electrons. The van der Waals surface area contributed by atoms with Crippen LogP contribution in [0.4, 0.5) is 0 Å². The van der Waals surface area contributed by atoms with Gasteiger partial charge in [-0.1, -0.05) is 38.3 Å². The Labute approximate surface area is 80.1 Å². The molecule has 3 heteroatoms. The van der Waals surface area contributed by atoms with Crippen molar-refractivity contribution in [3.05, 3.63) is 12.4 Å². The average Bonchev–Trinajstić information content (AvgIpc) is 2.55. The van der Waals surface area contributed by atoms with Gasteiger partial charge >= 0.3 is 0 Å². The van der Waals surface area contributed by atoms with Crippen molar-refractivity contribution in [1.29, 1.82) is 0 Å². The standard InChI is InChI=1S/C10H19N3/c1-10(2)6-4-3-5-8-13-9-7-11-12-13/h7,9-10H,3-6,8H2,1-2H3. The summed E-state index contributed by atoms with van der Waals surface area (Å²) >= 11 is 0. The SMILES string of the molecule is CC(C)CCCCCn1ccnn1. The lowest BCUT2D eigenvalue weighted by molar-refractivity contribution is 0.487. The second kappa shape index (κ2) is 5.73. The molecular weight excluding hydrogens is 162 g/mol. The zero-order chi connectivity index (χ0) is 9.52. The van der Waals surface area contributed by atoms with E-state index in [4.69, 9.17) is 0 Å². The second-order valence-corrected chi connectivity index (χ2v) is 3.91. The number of aryl methyl sites for hydroxylation is 1. The molecule has 0 spiro atoms. The maximum absolute atomic E-state index is 3.92. The molecule has 0 N–H and O–H groups in total. The van der Waals surface area contributed by atoms with Gasteiger partial charge in [0.25, 0.3) is 0 Å². The van der Waals surface area contributed by atoms with Crippen molar-refractivity contribution >= 4 is 0 Å². The fourth-order valence-electron chi connectivity index (χ4n) is 1.36. The van der Waals surface area contributed by atoms with Crippen LogP contribution in [0.1, 0.15) is 39.5 Å². The topological polar surface area (TPSA) is 30.7 Å². The predicted molar refractivity (Wildman–Crippen MR) is 53.3 cm³/mol. The van der Waals surface area contributed by atoms with Crippen LogP contribution in [0.5, 0.6) is 0 Å². The number of nitrogens with zero attached hydrogens (tertiary/aromatic N) is 3. The van der Waals surface area contributed by atoms with E-state index in [1.54, 1.807) is 6.20 Å². The van der Waals surface area contributed by atoms with E-state index in [-0.39, 0.29) is 0 Å². The molecule has 0 aliphatic carbocycles. The number of aromatic nitrogens is 3. The van der Waals surface area contributed by atoms with Crippen molar-refractivity contribution in [1.82, 2.24) is 15.0 Å². The van der Waals surface area contributed by atoms with Crippen molar-refractivity contribution in [2.75, 3.05) is 0 Å². The highest BCUT2D eigenvalue weighted by atomic mass is 15.4. The summed E-state index contributed by atoms with van der Waals surface area (Å²) in [7, 11) is 0. The normalized spacial score (nSPS) is 11.0. The van der Waals surface area contributed by atoms with Crippen molar-refractivity contribution in [3.8, 4) is 0 Å². The fraction of sp³-hybridized carbons (Fsp3) is 0.800. The largest absolute Gasteiger partial charge is 0.253 e. The van der Waals surface area contributed by atoms with Crippen LogP contribution in [-0.2, 0) is 6.54 Å². The molecule has 3 nitrogen and oxygen atoms in total. The molecule has 0 radical (unpaired) electrons. The van der Waals surface area contributed by atoms with Gasteiger partial charge in [0.15, 0.2) is 0 Å². The lowest BCUT2D eigenvalue weighted by atomic mass is 10.1. The molecule has 0 fully saturated rings. The van der Waals surface area contributed by atoms with E-state index in [1.165, 1.54) is 25.7 Å². The zero-order valence-electron chi connectivity index (χ0n) is 8.61. The third kappa shape index (κ3) is 4.65. The first-order valence-electron chi connectivity index (χ1n) is 5.13. The highest BCUT2D eigenvalue weighted by Gasteiger charge is 1.95. The van der Waals surface area contributed by atoms with E-state index in [2.05, 4.69) is 24.2 Å². The van der Waals surface area contributed by atoms with Crippen molar-refractivity contribution in [2.24, 2.45) is 5.92 Å². The van der Waals surface area contributed by atoms with Gasteiger partial charge < -0.3 is 0 Å². The van der Waals surface area contributed by atoms with E-state index < -0.39 is 0 Å². The summed E-state index contributed by atoms with van der Waals surface area (Å²) < 4.78 is 1.90. The fourth-order valence-corrected chi connectivity index (χ4v) is 1.36. The van der Waals surface area contributed by atoms with Crippen molar-refractivity contribution in [3.63, 3.8) is 0 Å². The molecule has 0 bridgehead atoms. The minimum Gasteiger partial charge on any atom is -0.253 e. The van der Waals surface area contributed by atoms with Gasteiger partial charge in [-0.2, -0.15) is 0 Å². The highest BCUT2D eigenvalue weighted by molar-refractivity contribution is 4.63. The summed E-state index contributed by atoms with van der Waals surface area (Å²) in [5, 5.41) is 7.68. The number of rotatable bonds is 6. The van der Waals surface area contributed by atoms with Gasteiger partial charge in [-0.3, -0.25) is 4.68 Å². The zero-order valence-corrected chi connectivity index (χ0v) is 8.61. The lowest BCUT2D eigenvalue weighted by Crippen LogP contribution is -1.99. The second-order valence-electron chi connectivity index (χ2n) is 3.91. The summed E-state index contributed by atoms with van der Waals surface area (Å²) in [5.74, 6) is 0.839. The van der Waals surface area contributed by atoms with Crippen LogP contribution >= 0.6 is 0 Å². The maximum atomic E-state index is 3.92. The van der Waals surface area contributed by atoms with Crippen LogP contribution in [0.2, 0.25) is 0 Å². The third-order valence-electron chi connectivity index (χ3n) is 2.14. The van der Waals surface area contributed by atoms with E-state index >= 15 is 0 Å². The Hall–Kier alpha value is -0.860. The quantitative estimate of drug-likeness (QED) is 0.631. The first-order chi connectivity index (χ1) is 6.29. The molecule has 13 heavy (non-hydrogen) atoms. The molecule has 0 atom stereocenters. The smallest absolute Gasteiger partial charge is 0.0692 e. The summed E-state index contributed by atoms with van der Waals surface area (Å²) in [6.45, 7) is 5.56. The van der Waals surface area contributed by atoms with Gasteiger partial charge in [0.2, 0.25) is 0 Å². The Morgan fingerprint density at radius 1 is 1.23 bits per heavy atom. The van der Waals surface area contributed by atoms with Crippen molar-refractivity contribution in [2.45, 2.75) is 46.1 Å². The molecule has 0 amide bonds. The molecule has 0 aliphatic heterocycles. The number of hydrogen-bond donors (Lipinski definition) is 0. The Morgan fingerprint density at radius 2 is 2.08 bits per heavy atom. The molecule has 0 saturated carbocycles. The minimum absolute atomic E-state index is 0.839. The van der Waals surface area contributed by atoms with Crippen LogP contribution in [0.15, 0.2) is 12.4 Å². The van der Waals surface area contributed by atoms with Gasteiger partial charge in [-0.25, -0.2) is 0 Å². The molecule has 0 unspecified atom stereocenters. The van der Waals surface area contributed by atoms with Gasteiger partial charge in [0.05, 0.1) is 6.20 Å². The first kappa shape index (κ1) is 10.2. The maximum Gasteiger partial charge on any atom is 0.0692 e. The molecule has 1 heterocycles. The van der Waals surface area contributed by atoms with E-state index in [1.807, 2.05) is 10.9 Å². The minimum atomic E-state index is 0.839. The highest BCUT2D eigenvalue weighted by Crippen LogP contribution is 2.08. The third-order valence-corrected chi connectivity index (χ3v) is 2.14. The van der Waals surface area contributed by atoms with Gasteiger partial charge in [-0.15, -0.1) is 5.10 Å². The molecule has 1 rings (SSSR count). The summed E-state index contributed by atoms with van der Waals surface area (Å²) in [5.41, 5.74) is 0. The average molecular weight is 181 g/mol. The van der Waals surface area contributed by atoms with Gasteiger partial charge in [0.1, 0.15) is 0 Å². The van der Waals surface area contributed by atoms with Crippen LogP contribution in [0, 0.1) is 5.92 Å². The monoisotopic (exact) mass is 181 g/mol. The van der Waals surface area contributed by atoms with E-state index in [0.29, 0.717) is 0 Å². The van der Waals surface area contributed by atoms with E-state index in [9.17, 15) is 0 Å². The van der Waals surface area contributed by atoms with Gasteiger partial charge in [-0.05, 0) is 12.3 Å². The van der Waals surface area contributed by atoms with E-state index in [0.717, 1.165) is 12.5 Å². The first-order valence-corrected chi connectivity index (χ1v) is 5.13. The van der Waals surface area contributed by atoms with Crippen LogP contribution in [0.25, 0.3) is 0 Å². The number of hydrogen-bond acceptors (Lipinski definition) is 2. The molecule has 0 saturated heterocycles. The summed E-state index contributed by atoms with van der Waals surface area (Å²) in [6.07, 6.45) is 8.86. The molecule has 1 aromatic heterocycles. The van der Waals surface area contributed by atoms with Crippen LogP contribution in [0.3, 0.4) is 0 Å². The molecule has 1 aromatic rings. The van der Waals surface area contributed by atoms with Gasteiger partial charge in [0, 0.05) is 12.7 Å². The Balaban J connectivity index is 1.96. The summed E-state index contributed by atoms with van der Waals surface area (Å²) in [6, 6.07) is 0. The Bertz CT molecular complexity index is 204. The van der Waals surface area contributed by atoms with Crippen LogP contribution in [-0.4, -0.2) is 15.0 Å². The lowest BCUT2D eigenvalue weighted by Gasteiger charge is -2.03. The van der Waals surface area contributed by atoms with Crippen LogP contribution < -0.4 is 0 Å². The Morgan fingerprint density at radius 3 is 2.69 bits per heavy atom. The molecular formula is C10H19N3. The van der Waals surface area contributed by atoms with Crippen molar-refractivity contribution < 1.29 is 0 Å². The molecule has 0 aliphatic rings. The number of unbranched alkanes of at least 4 members (excludes halogenated alkanes) is 2. The predicted octanol–water partition coefficient (Wildman–Crippen LogP) is 2.49. The Kier molecular flexibility index (Phi) is 4.50.